The van der Waals surface area contributed by atoms with E-state index in [-0.39, 0.29) is 5.75 Å². The molecule has 17 heavy (non-hydrogen) atoms. The maximum absolute atomic E-state index is 12.6. The Morgan fingerprint density at radius 2 is 2.00 bits per heavy atom. The van der Waals surface area contributed by atoms with Crippen LogP contribution >= 0.6 is 0 Å². The summed E-state index contributed by atoms with van der Waals surface area (Å²) in [5.41, 5.74) is -0.272. The van der Waals surface area contributed by atoms with Crippen LogP contribution in [0.4, 0.5) is 13.2 Å². The molecule has 1 aliphatic rings. The average Bonchev–Trinajstić information content (AvgIpc) is 3.08. The van der Waals surface area contributed by atoms with Crippen molar-refractivity contribution in [3.63, 3.8) is 0 Å². The molecule has 0 atom stereocenters. The van der Waals surface area contributed by atoms with Crippen LogP contribution in [0.1, 0.15) is 24.0 Å². The van der Waals surface area contributed by atoms with Crippen molar-refractivity contribution in [2.75, 3.05) is 6.61 Å². The van der Waals surface area contributed by atoms with Gasteiger partial charge in [-0.3, -0.25) is 0 Å². The molecule has 92 valence electrons. The quantitative estimate of drug-likeness (QED) is 0.771. The van der Waals surface area contributed by atoms with Gasteiger partial charge in [0.1, 0.15) is 5.75 Å². The van der Waals surface area contributed by atoms with Crippen molar-refractivity contribution in [3.05, 3.63) is 35.9 Å². The summed E-state index contributed by atoms with van der Waals surface area (Å²) in [6.07, 6.45) is -0.753. The molecule has 0 heterocycles. The number of hydrogen-bond donors (Lipinski definition) is 0. The van der Waals surface area contributed by atoms with Gasteiger partial charge in [-0.15, -0.1) is 0 Å². The van der Waals surface area contributed by atoms with Gasteiger partial charge in [0, 0.05) is 0 Å². The smallest absolute Gasteiger partial charge is 0.416 e. The summed E-state index contributed by atoms with van der Waals surface area (Å²) in [4.78, 5) is 0. The second-order valence-corrected chi connectivity index (χ2v) is 4.25. The number of halogens is 3. The predicted molar refractivity (Wildman–Crippen MR) is 59.8 cm³/mol. The van der Waals surface area contributed by atoms with Gasteiger partial charge in [-0.2, -0.15) is 13.2 Å². The maximum Gasteiger partial charge on any atom is 0.416 e. The number of alkyl halides is 3. The van der Waals surface area contributed by atoms with Crippen LogP contribution in [0.3, 0.4) is 0 Å². The minimum atomic E-state index is -4.35. The first kappa shape index (κ1) is 12.0. The van der Waals surface area contributed by atoms with Crippen molar-refractivity contribution < 1.29 is 17.9 Å². The molecular formula is C13H13F3O. The fourth-order valence-electron chi connectivity index (χ4n) is 1.49. The molecule has 1 aromatic rings. The second-order valence-electron chi connectivity index (χ2n) is 4.25. The Hall–Kier alpha value is -1.45. The lowest BCUT2D eigenvalue weighted by molar-refractivity contribution is -0.137. The molecule has 0 bridgehead atoms. The van der Waals surface area contributed by atoms with E-state index in [4.69, 9.17) is 4.74 Å². The Morgan fingerprint density at radius 3 is 2.53 bits per heavy atom. The number of rotatable bonds is 4. The number of benzene rings is 1. The molecule has 0 radical (unpaired) electrons. The lowest BCUT2D eigenvalue weighted by Gasteiger charge is -2.11. The lowest BCUT2D eigenvalue weighted by atomic mass is 10.1. The first-order valence-corrected chi connectivity index (χ1v) is 5.46. The molecule has 1 nitrogen and oxygen atoms in total. The predicted octanol–water partition coefficient (Wildman–Crippen LogP) is 4.14. The largest absolute Gasteiger partial charge is 0.493 e. The molecule has 1 saturated carbocycles. The fraction of sp³-hybridized carbons (Fsp3) is 0.385. The molecule has 0 aromatic heterocycles. The van der Waals surface area contributed by atoms with Gasteiger partial charge in [-0.25, -0.2) is 0 Å². The van der Waals surface area contributed by atoms with Crippen molar-refractivity contribution in [1.82, 2.24) is 0 Å². The minimum Gasteiger partial charge on any atom is -0.493 e. The van der Waals surface area contributed by atoms with E-state index < -0.39 is 11.7 Å². The topological polar surface area (TPSA) is 9.23 Å². The highest BCUT2D eigenvalue weighted by Crippen LogP contribution is 2.34. The zero-order valence-electron chi connectivity index (χ0n) is 9.26. The monoisotopic (exact) mass is 242 g/mol. The maximum atomic E-state index is 12.6. The van der Waals surface area contributed by atoms with E-state index >= 15 is 0 Å². The molecule has 4 heteroatoms. The third-order valence-electron chi connectivity index (χ3n) is 2.67. The van der Waals surface area contributed by atoms with Crippen LogP contribution in [0.15, 0.2) is 24.8 Å². The van der Waals surface area contributed by atoms with E-state index in [1.807, 2.05) is 0 Å². The van der Waals surface area contributed by atoms with Crippen LogP contribution in [0.5, 0.6) is 5.75 Å². The summed E-state index contributed by atoms with van der Waals surface area (Å²) in [6.45, 7) is 3.98. The van der Waals surface area contributed by atoms with E-state index in [2.05, 4.69) is 6.58 Å². The van der Waals surface area contributed by atoms with E-state index in [0.717, 1.165) is 25.0 Å². The van der Waals surface area contributed by atoms with Crippen molar-refractivity contribution in [3.8, 4) is 5.75 Å². The van der Waals surface area contributed by atoms with Crippen LogP contribution in [0.25, 0.3) is 6.08 Å². The third kappa shape index (κ3) is 3.25. The average molecular weight is 242 g/mol. The Balaban J connectivity index is 2.20. The van der Waals surface area contributed by atoms with Gasteiger partial charge in [-0.05, 0) is 42.5 Å². The van der Waals surface area contributed by atoms with Gasteiger partial charge in [0.2, 0.25) is 0 Å². The normalized spacial score (nSPS) is 15.7. The van der Waals surface area contributed by atoms with Crippen molar-refractivity contribution >= 4 is 6.08 Å². The SMILES string of the molecule is C=Cc1cc(OCC2CC2)cc(C(F)(F)F)c1. The van der Waals surface area contributed by atoms with Gasteiger partial charge in [0.25, 0.3) is 0 Å². The van der Waals surface area contributed by atoms with Crippen LogP contribution in [0, 0.1) is 5.92 Å². The Labute approximate surface area is 97.9 Å². The fourth-order valence-corrected chi connectivity index (χ4v) is 1.49. The van der Waals surface area contributed by atoms with E-state index in [1.165, 1.54) is 6.08 Å². The third-order valence-corrected chi connectivity index (χ3v) is 2.67. The Bertz CT molecular complexity index is 419. The van der Waals surface area contributed by atoms with Crippen LogP contribution in [-0.4, -0.2) is 6.61 Å². The summed E-state index contributed by atoms with van der Waals surface area (Å²) in [6, 6.07) is 3.68. The van der Waals surface area contributed by atoms with Crippen molar-refractivity contribution in [1.29, 1.82) is 0 Å². The molecule has 0 N–H and O–H groups in total. The molecule has 1 aromatic carbocycles. The van der Waals surface area contributed by atoms with Gasteiger partial charge in [-0.1, -0.05) is 12.7 Å². The number of hydrogen-bond acceptors (Lipinski definition) is 1. The van der Waals surface area contributed by atoms with Crippen LogP contribution in [0.2, 0.25) is 0 Å². The summed E-state index contributed by atoms with van der Waals surface area (Å²) in [5.74, 6) is 0.776. The minimum absolute atomic E-state index is 0.265. The number of ether oxygens (including phenoxy) is 1. The van der Waals surface area contributed by atoms with E-state index in [0.29, 0.717) is 18.1 Å². The Morgan fingerprint density at radius 1 is 1.29 bits per heavy atom. The van der Waals surface area contributed by atoms with Crippen molar-refractivity contribution in [2.24, 2.45) is 5.92 Å². The molecule has 2 rings (SSSR count). The van der Waals surface area contributed by atoms with Crippen LogP contribution in [-0.2, 0) is 6.18 Å². The zero-order valence-corrected chi connectivity index (χ0v) is 9.26. The molecule has 0 spiro atoms. The molecular weight excluding hydrogens is 229 g/mol. The molecule has 1 aliphatic carbocycles. The highest BCUT2D eigenvalue weighted by Gasteiger charge is 2.31. The molecule has 0 aliphatic heterocycles. The molecule has 1 fully saturated rings. The highest BCUT2D eigenvalue weighted by molar-refractivity contribution is 5.52. The summed E-state index contributed by atoms with van der Waals surface area (Å²) in [7, 11) is 0. The first-order chi connectivity index (χ1) is 7.99. The van der Waals surface area contributed by atoms with Gasteiger partial charge >= 0.3 is 6.18 Å². The second kappa shape index (κ2) is 4.43. The highest BCUT2D eigenvalue weighted by atomic mass is 19.4. The molecule has 0 unspecified atom stereocenters. The Kier molecular flexibility index (Phi) is 3.13. The molecule has 0 saturated heterocycles. The summed E-state index contributed by atoms with van der Waals surface area (Å²) in [5, 5.41) is 0. The molecule has 0 amide bonds. The van der Waals surface area contributed by atoms with Gasteiger partial charge in [0.05, 0.1) is 12.2 Å². The zero-order chi connectivity index (χ0) is 12.5. The standard InChI is InChI=1S/C13H13F3O/c1-2-9-5-11(13(14,15)16)7-12(6-9)17-8-10-3-4-10/h2,5-7,10H,1,3-4,8H2. The van der Waals surface area contributed by atoms with Gasteiger partial charge < -0.3 is 4.74 Å². The van der Waals surface area contributed by atoms with Crippen LogP contribution < -0.4 is 4.74 Å². The van der Waals surface area contributed by atoms with Gasteiger partial charge in [0.15, 0.2) is 0 Å². The van der Waals surface area contributed by atoms with E-state index in [9.17, 15) is 13.2 Å². The summed E-state index contributed by atoms with van der Waals surface area (Å²) >= 11 is 0. The van der Waals surface area contributed by atoms with Crippen molar-refractivity contribution in [2.45, 2.75) is 19.0 Å². The first-order valence-electron chi connectivity index (χ1n) is 5.46. The summed E-state index contributed by atoms with van der Waals surface area (Å²) < 4.78 is 43.2. The lowest BCUT2D eigenvalue weighted by Crippen LogP contribution is -2.07. The van der Waals surface area contributed by atoms with E-state index in [1.54, 1.807) is 6.07 Å².